The van der Waals surface area contributed by atoms with Crippen LogP contribution < -0.4 is 5.32 Å². The summed E-state index contributed by atoms with van der Waals surface area (Å²) in [6.07, 6.45) is 1.81. The fourth-order valence-corrected chi connectivity index (χ4v) is 2.82. The Labute approximate surface area is 102 Å². The first-order chi connectivity index (χ1) is 7.65. The first kappa shape index (κ1) is 11.3. The van der Waals surface area contributed by atoms with Crippen molar-refractivity contribution in [3.63, 3.8) is 0 Å². The smallest absolute Gasteiger partial charge is 0.261 e. The van der Waals surface area contributed by atoms with Crippen molar-refractivity contribution in [2.24, 2.45) is 0 Å². The van der Waals surface area contributed by atoms with Gasteiger partial charge in [-0.1, -0.05) is 0 Å². The molecule has 1 amide bonds. The highest BCUT2D eigenvalue weighted by molar-refractivity contribution is 7.14. The van der Waals surface area contributed by atoms with Crippen molar-refractivity contribution in [3.8, 4) is 0 Å². The second-order valence-electron chi connectivity index (χ2n) is 3.44. The summed E-state index contributed by atoms with van der Waals surface area (Å²) >= 11 is 3.12. The summed E-state index contributed by atoms with van der Waals surface area (Å²) in [5.41, 5.74) is 0. The van der Waals surface area contributed by atoms with E-state index < -0.39 is 0 Å². The van der Waals surface area contributed by atoms with E-state index in [2.05, 4.69) is 10.3 Å². The van der Waals surface area contributed by atoms with Crippen LogP contribution in [0.15, 0.2) is 18.3 Å². The highest BCUT2D eigenvalue weighted by atomic mass is 32.1. The molecule has 0 atom stereocenters. The van der Waals surface area contributed by atoms with Gasteiger partial charge in [-0.15, -0.1) is 22.7 Å². The Balaban J connectivity index is 1.93. The molecule has 3 nitrogen and oxygen atoms in total. The first-order valence-corrected chi connectivity index (χ1v) is 6.54. The normalized spacial score (nSPS) is 10.4. The Kier molecular flexibility index (Phi) is 3.36. The maximum Gasteiger partial charge on any atom is 0.261 e. The van der Waals surface area contributed by atoms with Gasteiger partial charge in [-0.3, -0.25) is 4.79 Å². The van der Waals surface area contributed by atoms with Gasteiger partial charge in [0.2, 0.25) is 0 Å². The van der Waals surface area contributed by atoms with Crippen LogP contribution >= 0.6 is 22.7 Å². The van der Waals surface area contributed by atoms with Crippen LogP contribution in [0, 0.1) is 13.8 Å². The second kappa shape index (κ2) is 4.76. The van der Waals surface area contributed by atoms with Crippen LogP contribution in [0.5, 0.6) is 0 Å². The van der Waals surface area contributed by atoms with Crippen LogP contribution in [-0.2, 0) is 6.54 Å². The first-order valence-electron chi connectivity index (χ1n) is 4.91. The molecule has 1 N–H and O–H groups in total. The lowest BCUT2D eigenvalue weighted by atomic mass is 10.4. The van der Waals surface area contributed by atoms with Crippen molar-refractivity contribution >= 4 is 28.6 Å². The lowest BCUT2D eigenvalue weighted by molar-refractivity contribution is 0.0955. The molecule has 0 aliphatic rings. The Bertz CT molecular complexity index is 502. The van der Waals surface area contributed by atoms with E-state index in [0.717, 1.165) is 19.6 Å². The average molecular weight is 252 g/mol. The van der Waals surface area contributed by atoms with E-state index in [4.69, 9.17) is 0 Å². The van der Waals surface area contributed by atoms with Gasteiger partial charge in [-0.2, -0.15) is 0 Å². The van der Waals surface area contributed by atoms with Gasteiger partial charge in [-0.05, 0) is 26.0 Å². The van der Waals surface area contributed by atoms with Gasteiger partial charge in [0, 0.05) is 16.0 Å². The van der Waals surface area contributed by atoms with Crippen LogP contribution in [0.25, 0.3) is 0 Å². The number of hydrogen-bond acceptors (Lipinski definition) is 4. The van der Waals surface area contributed by atoms with Crippen molar-refractivity contribution in [2.75, 3.05) is 0 Å². The number of carbonyl (C=O) groups excluding carboxylic acids is 1. The average Bonchev–Trinajstić information content (AvgIpc) is 2.84. The van der Waals surface area contributed by atoms with Crippen molar-refractivity contribution in [3.05, 3.63) is 38.0 Å². The van der Waals surface area contributed by atoms with Gasteiger partial charge < -0.3 is 5.32 Å². The highest BCUT2D eigenvalue weighted by Crippen LogP contribution is 2.15. The number of thiazole rings is 1. The lowest BCUT2D eigenvalue weighted by Gasteiger charge is -1.99. The number of aryl methyl sites for hydroxylation is 2. The van der Waals surface area contributed by atoms with Crippen molar-refractivity contribution in [1.29, 1.82) is 0 Å². The molecule has 0 fully saturated rings. The third-order valence-electron chi connectivity index (χ3n) is 2.06. The summed E-state index contributed by atoms with van der Waals surface area (Å²) in [5.74, 6) is -0.0100. The van der Waals surface area contributed by atoms with Crippen LogP contribution in [0.4, 0.5) is 0 Å². The van der Waals surface area contributed by atoms with E-state index in [-0.39, 0.29) is 5.91 Å². The van der Waals surface area contributed by atoms with E-state index in [1.165, 1.54) is 11.3 Å². The molecule has 2 heterocycles. The zero-order chi connectivity index (χ0) is 11.5. The second-order valence-corrected chi connectivity index (χ2v) is 6.05. The minimum Gasteiger partial charge on any atom is -0.346 e. The van der Waals surface area contributed by atoms with E-state index in [0.29, 0.717) is 6.54 Å². The van der Waals surface area contributed by atoms with Gasteiger partial charge >= 0.3 is 0 Å². The molecule has 5 heteroatoms. The molecule has 0 aromatic carbocycles. The summed E-state index contributed by atoms with van der Waals surface area (Å²) in [6.45, 7) is 4.51. The third-order valence-corrected chi connectivity index (χ3v) is 3.97. The molecule has 0 saturated heterocycles. The molecule has 84 valence electrons. The maximum absolute atomic E-state index is 11.7. The highest BCUT2D eigenvalue weighted by Gasteiger charge is 2.07. The van der Waals surface area contributed by atoms with Gasteiger partial charge in [0.1, 0.15) is 0 Å². The molecule has 0 aliphatic carbocycles. The number of rotatable bonds is 3. The fourth-order valence-electron chi connectivity index (χ4n) is 1.30. The summed E-state index contributed by atoms with van der Waals surface area (Å²) in [6, 6.07) is 3.81. The molecular weight excluding hydrogens is 240 g/mol. The molecular formula is C11H12N2OS2. The van der Waals surface area contributed by atoms with Crippen LogP contribution in [0.1, 0.15) is 24.4 Å². The van der Waals surface area contributed by atoms with Crippen molar-refractivity contribution < 1.29 is 4.79 Å². The largest absolute Gasteiger partial charge is 0.346 e. The number of aromatic nitrogens is 1. The SMILES string of the molecule is Cc1ccc(C(=O)NCc2cnc(C)s2)s1. The molecule has 0 bridgehead atoms. The molecule has 2 aromatic rings. The molecule has 16 heavy (non-hydrogen) atoms. The molecule has 0 unspecified atom stereocenters. The molecule has 0 radical (unpaired) electrons. The minimum absolute atomic E-state index is 0.0100. The minimum atomic E-state index is -0.0100. The molecule has 2 rings (SSSR count). The van der Waals surface area contributed by atoms with Crippen LogP contribution in [0.2, 0.25) is 0 Å². The Morgan fingerprint density at radius 1 is 1.38 bits per heavy atom. The third kappa shape index (κ3) is 2.68. The maximum atomic E-state index is 11.7. The predicted octanol–water partition coefficient (Wildman–Crippen LogP) is 2.75. The Hall–Kier alpha value is -1.20. The number of nitrogens with one attached hydrogen (secondary N) is 1. The van der Waals surface area contributed by atoms with Gasteiger partial charge in [0.25, 0.3) is 5.91 Å². The van der Waals surface area contributed by atoms with E-state index in [1.54, 1.807) is 17.5 Å². The van der Waals surface area contributed by atoms with Gasteiger partial charge in [0.15, 0.2) is 0 Å². The standard InChI is InChI=1S/C11H12N2OS2/c1-7-3-4-10(15-7)11(14)13-6-9-5-12-8(2)16-9/h3-5H,6H2,1-2H3,(H,13,14). The summed E-state index contributed by atoms with van der Waals surface area (Å²) in [5, 5.41) is 3.91. The predicted molar refractivity (Wildman–Crippen MR) is 67.1 cm³/mol. The molecule has 0 aliphatic heterocycles. The van der Waals surface area contributed by atoms with E-state index in [1.807, 2.05) is 26.0 Å². The van der Waals surface area contributed by atoms with Crippen LogP contribution in [0.3, 0.4) is 0 Å². The zero-order valence-electron chi connectivity index (χ0n) is 9.11. The monoisotopic (exact) mass is 252 g/mol. The summed E-state index contributed by atoms with van der Waals surface area (Å²) < 4.78 is 0. The number of carbonyl (C=O) groups is 1. The van der Waals surface area contributed by atoms with E-state index in [9.17, 15) is 4.79 Å². The molecule has 2 aromatic heterocycles. The Morgan fingerprint density at radius 3 is 2.75 bits per heavy atom. The number of thiophene rings is 1. The number of hydrogen-bond donors (Lipinski definition) is 1. The zero-order valence-corrected chi connectivity index (χ0v) is 10.7. The molecule has 0 spiro atoms. The number of nitrogens with zero attached hydrogens (tertiary/aromatic N) is 1. The topological polar surface area (TPSA) is 42.0 Å². The van der Waals surface area contributed by atoms with Crippen LogP contribution in [-0.4, -0.2) is 10.9 Å². The Morgan fingerprint density at radius 2 is 2.19 bits per heavy atom. The summed E-state index contributed by atoms with van der Waals surface area (Å²) in [4.78, 5) is 18.9. The van der Waals surface area contributed by atoms with Gasteiger partial charge in [-0.25, -0.2) is 4.98 Å². The molecule has 0 saturated carbocycles. The van der Waals surface area contributed by atoms with Gasteiger partial charge in [0.05, 0.1) is 16.4 Å². The van der Waals surface area contributed by atoms with Crippen molar-refractivity contribution in [1.82, 2.24) is 10.3 Å². The fraction of sp³-hybridized carbons (Fsp3) is 0.273. The number of amides is 1. The quantitative estimate of drug-likeness (QED) is 0.912. The van der Waals surface area contributed by atoms with E-state index >= 15 is 0 Å². The lowest BCUT2D eigenvalue weighted by Crippen LogP contribution is -2.21. The summed E-state index contributed by atoms with van der Waals surface area (Å²) in [7, 11) is 0. The van der Waals surface area contributed by atoms with Crippen molar-refractivity contribution in [2.45, 2.75) is 20.4 Å².